The number of hydrogen-bond acceptors (Lipinski definition) is 6. The Morgan fingerprint density at radius 2 is 2.00 bits per heavy atom. The van der Waals surface area contributed by atoms with Crippen LogP contribution in [-0.4, -0.2) is 55.2 Å². The largest absolute Gasteiger partial charge is 0.461 e. The minimum atomic E-state index is -0.347. The zero-order valence-corrected chi connectivity index (χ0v) is 15.1. The lowest BCUT2D eigenvalue weighted by atomic mass is 10.2. The third kappa shape index (κ3) is 4.81. The van der Waals surface area contributed by atoms with E-state index in [1.54, 1.807) is 12.3 Å². The van der Waals surface area contributed by atoms with Crippen LogP contribution in [0.1, 0.15) is 23.0 Å². The molecule has 0 unspecified atom stereocenters. The predicted molar refractivity (Wildman–Crippen MR) is 100 cm³/mol. The van der Waals surface area contributed by atoms with Crippen LogP contribution in [0.4, 0.5) is 5.13 Å². The zero-order chi connectivity index (χ0) is 17.5. The molecule has 1 fully saturated rings. The third-order valence-electron chi connectivity index (χ3n) is 3.93. The van der Waals surface area contributed by atoms with E-state index in [0.717, 1.165) is 43.4 Å². The third-order valence-corrected chi connectivity index (χ3v) is 4.83. The number of aromatic nitrogens is 1. The molecule has 6 heteroatoms. The number of ether oxygens (including phenoxy) is 1. The maximum Gasteiger partial charge on any atom is 0.357 e. The molecular formula is C19H21N3O2S. The Balaban J connectivity index is 1.49. The fourth-order valence-corrected chi connectivity index (χ4v) is 3.43. The van der Waals surface area contributed by atoms with Crippen LogP contribution in [0.2, 0.25) is 0 Å². The predicted octanol–water partition coefficient (Wildman–Crippen LogP) is 2.49. The van der Waals surface area contributed by atoms with Crippen molar-refractivity contribution < 1.29 is 9.53 Å². The molecule has 25 heavy (non-hydrogen) atoms. The van der Waals surface area contributed by atoms with Gasteiger partial charge in [-0.05, 0) is 19.1 Å². The monoisotopic (exact) mass is 355 g/mol. The lowest BCUT2D eigenvalue weighted by molar-refractivity contribution is 0.0520. The van der Waals surface area contributed by atoms with E-state index < -0.39 is 0 Å². The van der Waals surface area contributed by atoms with E-state index in [1.165, 1.54) is 11.3 Å². The van der Waals surface area contributed by atoms with Crippen LogP contribution in [0.5, 0.6) is 0 Å². The molecule has 3 rings (SSSR count). The molecule has 5 nitrogen and oxygen atoms in total. The summed E-state index contributed by atoms with van der Waals surface area (Å²) in [5, 5.41) is 2.66. The first-order valence-electron chi connectivity index (χ1n) is 8.40. The van der Waals surface area contributed by atoms with Gasteiger partial charge in [-0.15, -0.1) is 11.3 Å². The molecular weight excluding hydrogens is 334 g/mol. The number of nitrogens with zero attached hydrogens (tertiary/aromatic N) is 3. The number of carbonyl (C=O) groups excluding carboxylic acids is 1. The Morgan fingerprint density at radius 1 is 1.24 bits per heavy atom. The van der Waals surface area contributed by atoms with Gasteiger partial charge in [-0.25, -0.2) is 9.78 Å². The SMILES string of the molecule is CCOC(=O)c1csc(N2CCN(CC#Cc3ccccc3)CC2)n1. The van der Waals surface area contributed by atoms with Crippen molar-refractivity contribution >= 4 is 22.4 Å². The Bertz CT molecular complexity index is 756. The molecule has 1 saturated heterocycles. The highest BCUT2D eigenvalue weighted by atomic mass is 32.1. The van der Waals surface area contributed by atoms with Gasteiger partial charge in [0.1, 0.15) is 0 Å². The smallest absolute Gasteiger partial charge is 0.357 e. The van der Waals surface area contributed by atoms with Gasteiger partial charge in [0.2, 0.25) is 0 Å². The Morgan fingerprint density at radius 3 is 2.72 bits per heavy atom. The highest BCUT2D eigenvalue weighted by Gasteiger charge is 2.20. The summed E-state index contributed by atoms with van der Waals surface area (Å²) in [5.74, 6) is 6.09. The minimum Gasteiger partial charge on any atom is -0.461 e. The molecule has 1 aromatic heterocycles. The van der Waals surface area contributed by atoms with Crippen LogP contribution in [0.15, 0.2) is 35.7 Å². The van der Waals surface area contributed by atoms with Gasteiger partial charge in [-0.1, -0.05) is 30.0 Å². The number of carbonyl (C=O) groups is 1. The number of esters is 1. The first-order valence-corrected chi connectivity index (χ1v) is 9.28. The second-order valence-corrected chi connectivity index (χ2v) is 6.50. The Hall–Kier alpha value is -2.36. The second kappa shape index (κ2) is 8.65. The molecule has 2 heterocycles. The van der Waals surface area contributed by atoms with E-state index >= 15 is 0 Å². The summed E-state index contributed by atoms with van der Waals surface area (Å²) < 4.78 is 4.99. The van der Waals surface area contributed by atoms with Gasteiger partial charge < -0.3 is 9.64 Å². The highest BCUT2D eigenvalue weighted by molar-refractivity contribution is 7.13. The van der Waals surface area contributed by atoms with Gasteiger partial charge in [0.25, 0.3) is 0 Å². The normalized spacial score (nSPS) is 14.7. The van der Waals surface area contributed by atoms with Crippen molar-refractivity contribution in [3.8, 4) is 11.8 Å². The van der Waals surface area contributed by atoms with Gasteiger partial charge in [-0.3, -0.25) is 4.90 Å². The quantitative estimate of drug-likeness (QED) is 0.623. The molecule has 130 valence electrons. The molecule has 1 aliphatic heterocycles. The fraction of sp³-hybridized carbons (Fsp3) is 0.368. The second-order valence-electron chi connectivity index (χ2n) is 5.67. The van der Waals surface area contributed by atoms with E-state index in [4.69, 9.17) is 4.74 Å². The van der Waals surface area contributed by atoms with Crippen molar-refractivity contribution in [1.82, 2.24) is 9.88 Å². The summed E-state index contributed by atoms with van der Waals surface area (Å²) in [4.78, 5) is 20.7. The van der Waals surface area contributed by atoms with Gasteiger partial charge in [0.05, 0.1) is 13.2 Å². The van der Waals surface area contributed by atoms with Crippen molar-refractivity contribution in [2.75, 3.05) is 44.2 Å². The summed E-state index contributed by atoms with van der Waals surface area (Å²) in [6, 6.07) is 10.0. The molecule has 0 bridgehead atoms. The summed E-state index contributed by atoms with van der Waals surface area (Å²) >= 11 is 1.49. The fourth-order valence-electron chi connectivity index (χ4n) is 2.58. The first-order chi connectivity index (χ1) is 12.3. The summed E-state index contributed by atoms with van der Waals surface area (Å²) in [5.41, 5.74) is 1.45. The lowest BCUT2D eigenvalue weighted by Crippen LogP contribution is -2.46. The maximum absolute atomic E-state index is 11.7. The summed E-state index contributed by atoms with van der Waals surface area (Å²) in [6.07, 6.45) is 0. The molecule has 1 aromatic carbocycles. The van der Waals surface area contributed by atoms with Crippen LogP contribution in [0.25, 0.3) is 0 Å². The molecule has 0 amide bonds. The molecule has 0 saturated carbocycles. The molecule has 0 radical (unpaired) electrons. The summed E-state index contributed by atoms with van der Waals surface area (Å²) in [7, 11) is 0. The summed E-state index contributed by atoms with van der Waals surface area (Å²) in [6.45, 7) is 6.61. The maximum atomic E-state index is 11.7. The standard InChI is InChI=1S/C19H21N3O2S/c1-2-24-18(23)17-15-25-19(20-17)22-13-11-21(12-14-22)10-6-9-16-7-4-3-5-8-16/h3-5,7-8,15H,2,10-14H2,1H3. The van der Waals surface area contributed by atoms with Crippen LogP contribution in [-0.2, 0) is 4.74 Å². The van der Waals surface area contributed by atoms with Crippen LogP contribution in [0.3, 0.4) is 0 Å². The minimum absolute atomic E-state index is 0.347. The molecule has 0 spiro atoms. The number of benzene rings is 1. The number of thiazole rings is 1. The van der Waals surface area contributed by atoms with E-state index in [2.05, 4.69) is 26.6 Å². The molecule has 1 aliphatic rings. The van der Waals surface area contributed by atoms with Crippen LogP contribution in [0, 0.1) is 11.8 Å². The van der Waals surface area contributed by atoms with Crippen molar-refractivity contribution in [2.45, 2.75) is 6.92 Å². The molecule has 0 atom stereocenters. The molecule has 0 aliphatic carbocycles. The number of anilines is 1. The van der Waals surface area contributed by atoms with Crippen molar-refractivity contribution in [3.63, 3.8) is 0 Å². The highest BCUT2D eigenvalue weighted by Crippen LogP contribution is 2.22. The molecule has 0 N–H and O–H groups in total. The Kier molecular flexibility index (Phi) is 6.04. The van der Waals surface area contributed by atoms with Gasteiger partial charge in [0.15, 0.2) is 10.8 Å². The topological polar surface area (TPSA) is 45.7 Å². The van der Waals surface area contributed by atoms with E-state index in [-0.39, 0.29) is 5.97 Å². The molecule has 2 aromatic rings. The van der Waals surface area contributed by atoms with Crippen molar-refractivity contribution in [3.05, 3.63) is 47.0 Å². The van der Waals surface area contributed by atoms with E-state index in [0.29, 0.717) is 12.3 Å². The van der Waals surface area contributed by atoms with Crippen molar-refractivity contribution in [2.24, 2.45) is 0 Å². The lowest BCUT2D eigenvalue weighted by Gasteiger charge is -2.33. The van der Waals surface area contributed by atoms with E-state index in [9.17, 15) is 4.79 Å². The van der Waals surface area contributed by atoms with Crippen molar-refractivity contribution in [1.29, 1.82) is 0 Å². The Labute approximate surface area is 152 Å². The first kappa shape index (κ1) is 17.5. The van der Waals surface area contributed by atoms with Gasteiger partial charge >= 0.3 is 5.97 Å². The average Bonchev–Trinajstić information content (AvgIpc) is 3.14. The van der Waals surface area contributed by atoms with E-state index in [1.807, 2.05) is 30.3 Å². The van der Waals surface area contributed by atoms with Crippen LogP contribution < -0.4 is 4.90 Å². The number of rotatable bonds is 4. The van der Waals surface area contributed by atoms with Gasteiger partial charge in [-0.2, -0.15) is 0 Å². The number of hydrogen-bond donors (Lipinski definition) is 0. The van der Waals surface area contributed by atoms with Crippen LogP contribution >= 0.6 is 11.3 Å². The average molecular weight is 355 g/mol. The number of piperazine rings is 1. The van der Waals surface area contributed by atoms with Gasteiger partial charge in [0, 0.05) is 37.1 Å². The zero-order valence-electron chi connectivity index (χ0n) is 14.3.